The lowest BCUT2D eigenvalue weighted by Gasteiger charge is -2.12. The molecule has 2 rings (SSSR count). The summed E-state index contributed by atoms with van der Waals surface area (Å²) < 4.78 is 11.6. The Bertz CT molecular complexity index is 691. The first-order valence-electron chi connectivity index (χ1n) is 6.52. The molecule has 0 saturated carbocycles. The lowest BCUT2D eigenvalue weighted by Crippen LogP contribution is -2.20. The number of hydrogen-bond donors (Lipinski definition) is 1. The highest BCUT2D eigenvalue weighted by Crippen LogP contribution is 2.28. The van der Waals surface area contributed by atoms with Gasteiger partial charge in [-0.15, -0.1) is 0 Å². The molecule has 0 radical (unpaired) electrons. The molecule has 4 nitrogen and oxygen atoms in total. The van der Waals surface area contributed by atoms with Crippen molar-refractivity contribution in [3.63, 3.8) is 0 Å². The number of methoxy groups -OCH3 is 1. The highest BCUT2D eigenvalue weighted by molar-refractivity contribution is 9.10. The van der Waals surface area contributed by atoms with Crippen molar-refractivity contribution in [1.29, 1.82) is 0 Å². The van der Waals surface area contributed by atoms with Gasteiger partial charge in [-0.3, -0.25) is 4.79 Å². The number of ether oxygens (including phenoxy) is 2. The van der Waals surface area contributed by atoms with Crippen LogP contribution in [0.25, 0.3) is 0 Å². The Balaban J connectivity index is 1.98. The van der Waals surface area contributed by atoms with Crippen LogP contribution in [0, 0.1) is 6.92 Å². The van der Waals surface area contributed by atoms with Gasteiger partial charge >= 0.3 is 0 Å². The monoisotopic (exact) mass is 383 g/mol. The normalized spacial score (nSPS) is 10.2. The summed E-state index contributed by atoms with van der Waals surface area (Å²) in [4.78, 5) is 11.9. The second kappa shape index (κ2) is 7.51. The van der Waals surface area contributed by atoms with E-state index in [1.54, 1.807) is 31.4 Å². The van der Waals surface area contributed by atoms with Gasteiger partial charge in [0.15, 0.2) is 18.1 Å². The zero-order valence-corrected chi connectivity index (χ0v) is 14.5. The number of benzene rings is 2. The van der Waals surface area contributed by atoms with Crippen molar-refractivity contribution in [3.05, 3.63) is 51.5 Å². The van der Waals surface area contributed by atoms with Gasteiger partial charge in [0.1, 0.15) is 0 Å². The summed E-state index contributed by atoms with van der Waals surface area (Å²) in [6.07, 6.45) is 0. The molecule has 116 valence electrons. The SMILES string of the molecule is COc1cc(C)ccc1OCC(=O)Nc1ccc(Br)cc1Cl. The average molecular weight is 385 g/mol. The predicted molar refractivity (Wildman–Crippen MR) is 91.0 cm³/mol. The second-order valence-electron chi connectivity index (χ2n) is 4.62. The molecule has 22 heavy (non-hydrogen) atoms. The number of hydrogen-bond acceptors (Lipinski definition) is 3. The van der Waals surface area contributed by atoms with Crippen LogP contribution in [0.4, 0.5) is 5.69 Å². The molecule has 0 spiro atoms. The van der Waals surface area contributed by atoms with E-state index in [1.165, 1.54) is 0 Å². The summed E-state index contributed by atoms with van der Waals surface area (Å²) in [5.41, 5.74) is 1.59. The Labute approximate surface area is 142 Å². The fourth-order valence-corrected chi connectivity index (χ4v) is 2.54. The standard InChI is InChI=1S/C16H15BrClNO3/c1-10-3-6-14(15(7-10)21-2)22-9-16(20)19-13-5-4-11(17)8-12(13)18/h3-8H,9H2,1-2H3,(H,19,20). The second-order valence-corrected chi connectivity index (χ2v) is 5.94. The molecule has 1 N–H and O–H groups in total. The van der Waals surface area contributed by atoms with Crippen LogP contribution in [-0.2, 0) is 4.79 Å². The molecule has 2 aromatic rings. The largest absolute Gasteiger partial charge is 0.493 e. The fraction of sp³-hybridized carbons (Fsp3) is 0.188. The van der Waals surface area contributed by atoms with Gasteiger partial charge in [0.2, 0.25) is 0 Å². The van der Waals surface area contributed by atoms with E-state index in [0.717, 1.165) is 10.0 Å². The Kier molecular flexibility index (Phi) is 5.69. The summed E-state index contributed by atoms with van der Waals surface area (Å²) in [6.45, 7) is 1.82. The minimum absolute atomic E-state index is 0.133. The Morgan fingerprint density at radius 2 is 2.00 bits per heavy atom. The predicted octanol–water partition coefficient (Wildman–Crippen LogP) is 4.44. The Morgan fingerprint density at radius 3 is 2.68 bits per heavy atom. The number of nitrogens with one attached hydrogen (secondary N) is 1. The third-order valence-electron chi connectivity index (χ3n) is 2.88. The van der Waals surface area contributed by atoms with Gasteiger partial charge < -0.3 is 14.8 Å². The molecular formula is C16H15BrClNO3. The third-order valence-corrected chi connectivity index (χ3v) is 3.69. The molecule has 0 unspecified atom stereocenters. The van der Waals surface area contributed by atoms with E-state index < -0.39 is 0 Å². The van der Waals surface area contributed by atoms with Crippen LogP contribution < -0.4 is 14.8 Å². The fourth-order valence-electron chi connectivity index (χ4n) is 1.81. The van der Waals surface area contributed by atoms with Gasteiger partial charge in [0.25, 0.3) is 5.91 Å². The first kappa shape index (κ1) is 16.6. The van der Waals surface area contributed by atoms with E-state index in [4.69, 9.17) is 21.1 Å². The van der Waals surface area contributed by atoms with Gasteiger partial charge in [-0.25, -0.2) is 0 Å². The summed E-state index contributed by atoms with van der Waals surface area (Å²) in [7, 11) is 1.56. The molecule has 0 bridgehead atoms. The molecule has 0 fully saturated rings. The maximum Gasteiger partial charge on any atom is 0.262 e. The highest BCUT2D eigenvalue weighted by atomic mass is 79.9. The molecule has 0 aliphatic heterocycles. The van der Waals surface area contributed by atoms with Crippen molar-refractivity contribution in [1.82, 2.24) is 0 Å². The number of aryl methyl sites for hydroxylation is 1. The molecule has 0 aromatic heterocycles. The zero-order valence-electron chi connectivity index (χ0n) is 12.2. The van der Waals surface area contributed by atoms with Crippen molar-refractivity contribution in [2.45, 2.75) is 6.92 Å². The summed E-state index contributed by atoms with van der Waals surface area (Å²) in [6, 6.07) is 10.7. The van der Waals surface area contributed by atoms with E-state index in [-0.39, 0.29) is 12.5 Å². The van der Waals surface area contributed by atoms with Crippen LogP contribution >= 0.6 is 27.5 Å². The highest BCUT2D eigenvalue weighted by Gasteiger charge is 2.10. The van der Waals surface area contributed by atoms with Crippen LogP contribution in [0.2, 0.25) is 5.02 Å². The quantitative estimate of drug-likeness (QED) is 0.829. The van der Waals surface area contributed by atoms with Crippen molar-refractivity contribution < 1.29 is 14.3 Å². The molecule has 0 aliphatic rings. The van der Waals surface area contributed by atoms with Crippen molar-refractivity contribution in [2.75, 3.05) is 19.0 Å². The van der Waals surface area contributed by atoms with E-state index >= 15 is 0 Å². The maximum absolute atomic E-state index is 11.9. The van der Waals surface area contributed by atoms with Crippen molar-refractivity contribution >= 4 is 39.1 Å². The topological polar surface area (TPSA) is 47.6 Å². The number of halogens is 2. The summed E-state index contributed by atoms with van der Waals surface area (Å²) >= 11 is 9.36. The number of anilines is 1. The lowest BCUT2D eigenvalue weighted by molar-refractivity contribution is -0.118. The first-order valence-corrected chi connectivity index (χ1v) is 7.69. The minimum Gasteiger partial charge on any atom is -0.493 e. The van der Waals surface area contributed by atoms with Crippen LogP contribution in [-0.4, -0.2) is 19.6 Å². The van der Waals surface area contributed by atoms with E-state index in [1.807, 2.05) is 19.1 Å². The molecule has 0 atom stereocenters. The van der Waals surface area contributed by atoms with Gasteiger partial charge in [-0.2, -0.15) is 0 Å². The van der Waals surface area contributed by atoms with Crippen LogP contribution in [0.3, 0.4) is 0 Å². The molecule has 2 aromatic carbocycles. The van der Waals surface area contributed by atoms with Gasteiger partial charge in [0, 0.05) is 4.47 Å². The van der Waals surface area contributed by atoms with Gasteiger partial charge in [0.05, 0.1) is 17.8 Å². The molecular weight excluding hydrogens is 370 g/mol. The van der Waals surface area contributed by atoms with Gasteiger partial charge in [-0.1, -0.05) is 33.6 Å². The van der Waals surface area contributed by atoms with Crippen LogP contribution in [0.5, 0.6) is 11.5 Å². The maximum atomic E-state index is 11.9. The number of carbonyl (C=O) groups excluding carboxylic acids is 1. The van der Waals surface area contributed by atoms with E-state index in [0.29, 0.717) is 22.2 Å². The third kappa shape index (κ3) is 4.39. The molecule has 0 heterocycles. The van der Waals surface area contributed by atoms with Gasteiger partial charge in [-0.05, 0) is 42.8 Å². The minimum atomic E-state index is -0.299. The van der Waals surface area contributed by atoms with Crippen molar-refractivity contribution in [2.24, 2.45) is 0 Å². The number of carbonyl (C=O) groups is 1. The first-order chi connectivity index (χ1) is 10.5. The summed E-state index contributed by atoms with van der Waals surface area (Å²) in [5, 5.41) is 3.15. The van der Waals surface area contributed by atoms with Crippen LogP contribution in [0.1, 0.15) is 5.56 Å². The molecule has 1 amide bonds. The lowest BCUT2D eigenvalue weighted by atomic mass is 10.2. The molecule has 6 heteroatoms. The number of rotatable bonds is 5. The Morgan fingerprint density at radius 1 is 1.23 bits per heavy atom. The molecule has 0 saturated heterocycles. The average Bonchev–Trinajstić information content (AvgIpc) is 2.48. The number of amides is 1. The van der Waals surface area contributed by atoms with E-state index in [9.17, 15) is 4.79 Å². The van der Waals surface area contributed by atoms with Crippen LogP contribution in [0.15, 0.2) is 40.9 Å². The van der Waals surface area contributed by atoms with E-state index in [2.05, 4.69) is 21.2 Å². The summed E-state index contributed by atoms with van der Waals surface area (Å²) in [5.74, 6) is 0.812. The Hall–Kier alpha value is -1.72. The molecule has 0 aliphatic carbocycles. The zero-order chi connectivity index (χ0) is 16.1. The van der Waals surface area contributed by atoms with Crippen molar-refractivity contribution in [3.8, 4) is 11.5 Å². The smallest absolute Gasteiger partial charge is 0.262 e.